The fraction of sp³-hybridized carbons (Fsp3) is 0. The van der Waals surface area contributed by atoms with Crippen LogP contribution in [0.25, 0.3) is 21.9 Å². The minimum atomic E-state index is -4.32. The second-order valence-electron chi connectivity index (χ2n) is 5.89. The molecule has 0 aliphatic carbocycles. The van der Waals surface area contributed by atoms with Gasteiger partial charge in [-0.2, -0.15) is 0 Å². The smallest absolute Gasteiger partial charge is 0.314 e. The van der Waals surface area contributed by atoms with Crippen molar-refractivity contribution < 1.29 is 13.3 Å². The number of nitro groups is 1. The van der Waals surface area contributed by atoms with Gasteiger partial charge in [0, 0.05) is 17.6 Å². The highest BCUT2D eigenvalue weighted by Gasteiger charge is 2.29. The molecule has 2 N–H and O–H groups in total. The Morgan fingerprint density at radius 1 is 0.964 bits per heavy atom. The summed E-state index contributed by atoms with van der Waals surface area (Å²) >= 11 is 0. The molecule has 2 heterocycles. The standard InChI is InChI=1S/C17H10N4O6S/c22-16-17(23)20-13-8-15(14(21(24)25)7-12(13)19-16)28(26,27)10-4-3-9-2-1-5-18-11(9)6-10/h1-8H,(H,19,22)(H,20,23). The maximum absolute atomic E-state index is 13.1. The molecule has 10 nitrogen and oxygen atoms in total. The summed E-state index contributed by atoms with van der Waals surface area (Å²) in [4.78, 5) is 41.3. The second-order valence-corrected chi connectivity index (χ2v) is 7.81. The van der Waals surface area contributed by atoms with Crippen LogP contribution in [-0.4, -0.2) is 28.3 Å². The highest BCUT2D eigenvalue weighted by Crippen LogP contribution is 2.32. The number of nitro benzene ring substituents is 1. The van der Waals surface area contributed by atoms with Crippen molar-refractivity contribution >= 4 is 37.5 Å². The van der Waals surface area contributed by atoms with E-state index in [-0.39, 0.29) is 15.9 Å². The molecule has 2 aromatic carbocycles. The van der Waals surface area contributed by atoms with Crippen LogP contribution in [0.5, 0.6) is 0 Å². The molecule has 4 aromatic rings. The highest BCUT2D eigenvalue weighted by atomic mass is 32.2. The SMILES string of the molecule is O=c1[nH]c2cc([N+](=O)[O-])c(S(=O)(=O)c3ccc4cccnc4c3)cc2[nH]c1=O. The zero-order valence-electron chi connectivity index (χ0n) is 13.9. The number of fused-ring (bicyclic) bond motifs is 2. The van der Waals surface area contributed by atoms with Gasteiger partial charge in [-0.25, -0.2) is 8.42 Å². The van der Waals surface area contributed by atoms with Gasteiger partial charge < -0.3 is 9.97 Å². The van der Waals surface area contributed by atoms with Gasteiger partial charge in [-0.1, -0.05) is 12.1 Å². The first-order valence-corrected chi connectivity index (χ1v) is 9.30. The number of hydrogen-bond donors (Lipinski definition) is 2. The normalized spacial score (nSPS) is 11.7. The Bertz CT molecular complexity index is 1500. The molecule has 0 unspecified atom stereocenters. The second kappa shape index (κ2) is 6.09. The van der Waals surface area contributed by atoms with Crippen LogP contribution in [0.4, 0.5) is 5.69 Å². The monoisotopic (exact) mass is 398 g/mol. The van der Waals surface area contributed by atoms with Crippen LogP contribution in [0.2, 0.25) is 0 Å². The molecule has 11 heteroatoms. The molecule has 0 amide bonds. The summed E-state index contributed by atoms with van der Waals surface area (Å²) in [6, 6.07) is 9.49. The van der Waals surface area contributed by atoms with E-state index in [1.54, 1.807) is 18.2 Å². The predicted octanol–water partition coefficient (Wildman–Crippen LogP) is 1.51. The molecular weight excluding hydrogens is 388 g/mol. The molecule has 0 saturated carbocycles. The Morgan fingerprint density at radius 2 is 1.64 bits per heavy atom. The summed E-state index contributed by atoms with van der Waals surface area (Å²) in [5.74, 6) is 0. The molecule has 0 aliphatic rings. The van der Waals surface area contributed by atoms with E-state index in [1.165, 1.54) is 18.3 Å². The number of benzene rings is 2. The topological polar surface area (TPSA) is 156 Å². The van der Waals surface area contributed by atoms with Crippen molar-refractivity contribution in [1.29, 1.82) is 0 Å². The maximum Gasteiger partial charge on any atom is 0.314 e. The molecule has 2 aromatic heterocycles. The zero-order valence-corrected chi connectivity index (χ0v) is 14.7. The van der Waals surface area contributed by atoms with E-state index in [4.69, 9.17) is 0 Å². The predicted molar refractivity (Wildman–Crippen MR) is 99.0 cm³/mol. The molecule has 0 saturated heterocycles. The Hall–Kier alpha value is -3.86. The molecule has 28 heavy (non-hydrogen) atoms. The van der Waals surface area contributed by atoms with Crippen LogP contribution in [0.3, 0.4) is 0 Å². The molecule has 0 bridgehead atoms. The summed E-state index contributed by atoms with van der Waals surface area (Å²) in [7, 11) is -4.32. The summed E-state index contributed by atoms with van der Waals surface area (Å²) in [6.07, 6.45) is 1.50. The van der Waals surface area contributed by atoms with E-state index in [1.807, 2.05) is 0 Å². The van der Waals surface area contributed by atoms with Gasteiger partial charge in [0.15, 0.2) is 4.90 Å². The van der Waals surface area contributed by atoms with Crippen LogP contribution in [0, 0.1) is 10.1 Å². The fourth-order valence-electron chi connectivity index (χ4n) is 2.83. The summed E-state index contributed by atoms with van der Waals surface area (Å²) in [6.45, 7) is 0. The third kappa shape index (κ3) is 2.74. The van der Waals surface area contributed by atoms with Crippen molar-refractivity contribution in [1.82, 2.24) is 15.0 Å². The summed E-state index contributed by atoms with van der Waals surface area (Å²) < 4.78 is 26.2. The lowest BCUT2D eigenvalue weighted by Gasteiger charge is -2.08. The summed E-state index contributed by atoms with van der Waals surface area (Å²) in [5.41, 5.74) is -2.43. The van der Waals surface area contributed by atoms with Gasteiger partial charge in [-0.05, 0) is 24.3 Å². The first-order valence-electron chi connectivity index (χ1n) is 7.82. The number of aromatic amines is 2. The lowest BCUT2D eigenvalue weighted by molar-refractivity contribution is -0.387. The van der Waals surface area contributed by atoms with Crippen molar-refractivity contribution in [3.05, 3.63) is 79.5 Å². The van der Waals surface area contributed by atoms with Crippen LogP contribution in [0.15, 0.2) is 68.0 Å². The molecule has 140 valence electrons. The van der Waals surface area contributed by atoms with Gasteiger partial charge in [0.25, 0.3) is 5.69 Å². The third-order valence-corrected chi connectivity index (χ3v) is 5.96. The van der Waals surface area contributed by atoms with Crippen molar-refractivity contribution in [2.24, 2.45) is 0 Å². The molecule has 0 radical (unpaired) electrons. The molecule has 0 spiro atoms. The van der Waals surface area contributed by atoms with Crippen LogP contribution < -0.4 is 11.1 Å². The van der Waals surface area contributed by atoms with Gasteiger partial charge in [-0.3, -0.25) is 24.7 Å². The van der Waals surface area contributed by atoms with Crippen LogP contribution >= 0.6 is 0 Å². The van der Waals surface area contributed by atoms with Crippen LogP contribution in [0.1, 0.15) is 0 Å². The van der Waals surface area contributed by atoms with Crippen LogP contribution in [-0.2, 0) is 9.84 Å². The number of rotatable bonds is 3. The highest BCUT2D eigenvalue weighted by molar-refractivity contribution is 7.91. The number of aromatic nitrogens is 3. The minimum absolute atomic E-state index is 0.0484. The molecule has 0 fully saturated rings. The lowest BCUT2D eigenvalue weighted by Crippen LogP contribution is -2.29. The van der Waals surface area contributed by atoms with E-state index < -0.39 is 36.5 Å². The van der Waals surface area contributed by atoms with E-state index in [0.29, 0.717) is 10.9 Å². The number of nitrogens with one attached hydrogen (secondary N) is 2. The average molecular weight is 398 g/mol. The number of H-pyrrole nitrogens is 2. The largest absolute Gasteiger partial charge is 0.316 e. The van der Waals surface area contributed by atoms with Crippen molar-refractivity contribution in [3.8, 4) is 0 Å². The van der Waals surface area contributed by atoms with Gasteiger partial charge in [-0.15, -0.1) is 0 Å². The van der Waals surface area contributed by atoms with E-state index in [2.05, 4.69) is 15.0 Å². The van der Waals surface area contributed by atoms with Gasteiger partial charge in [0.05, 0.1) is 26.4 Å². The number of nitrogens with zero attached hydrogens (tertiary/aromatic N) is 2. The molecule has 4 rings (SSSR count). The maximum atomic E-state index is 13.1. The quantitative estimate of drug-likeness (QED) is 0.301. The van der Waals surface area contributed by atoms with E-state index in [9.17, 15) is 28.1 Å². The zero-order chi connectivity index (χ0) is 20.1. The molecule has 0 atom stereocenters. The van der Waals surface area contributed by atoms with Gasteiger partial charge >= 0.3 is 11.1 Å². The van der Waals surface area contributed by atoms with Crippen molar-refractivity contribution in [2.45, 2.75) is 9.79 Å². The first kappa shape index (κ1) is 17.5. The van der Waals surface area contributed by atoms with Gasteiger partial charge in [0.1, 0.15) is 0 Å². The summed E-state index contributed by atoms with van der Waals surface area (Å²) in [5, 5.41) is 12.2. The minimum Gasteiger partial charge on any atom is -0.316 e. The average Bonchev–Trinajstić information content (AvgIpc) is 2.67. The van der Waals surface area contributed by atoms with Gasteiger partial charge in [0.2, 0.25) is 9.84 Å². The first-order chi connectivity index (χ1) is 13.3. The fourth-order valence-corrected chi connectivity index (χ4v) is 4.28. The number of pyridine rings is 1. The Balaban J connectivity index is 2.03. The van der Waals surface area contributed by atoms with Crippen molar-refractivity contribution in [3.63, 3.8) is 0 Å². The van der Waals surface area contributed by atoms with E-state index >= 15 is 0 Å². The number of hydrogen-bond acceptors (Lipinski definition) is 7. The molecular formula is C17H10N4O6S. The Morgan fingerprint density at radius 3 is 2.32 bits per heavy atom. The number of sulfone groups is 1. The molecule has 0 aliphatic heterocycles. The Labute approximate surface area is 155 Å². The Kier molecular flexibility index (Phi) is 3.82. The van der Waals surface area contributed by atoms with Crippen molar-refractivity contribution in [2.75, 3.05) is 0 Å². The van der Waals surface area contributed by atoms with E-state index in [0.717, 1.165) is 12.1 Å². The third-order valence-electron chi connectivity index (χ3n) is 4.18. The lowest BCUT2D eigenvalue weighted by atomic mass is 10.2.